The summed E-state index contributed by atoms with van der Waals surface area (Å²) in [7, 11) is 0. The number of thioether (sulfide) groups is 1. The van der Waals surface area contributed by atoms with E-state index in [1.165, 1.54) is 25.7 Å². The minimum atomic E-state index is 0.416. The molecule has 0 atom stereocenters. The van der Waals surface area contributed by atoms with Crippen LogP contribution in [-0.4, -0.2) is 16.2 Å². The number of rotatable bonds is 2. The molecule has 14 heavy (non-hydrogen) atoms. The van der Waals surface area contributed by atoms with Crippen molar-refractivity contribution in [2.24, 2.45) is 0 Å². The van der Waals surface area contributed by atoms with Crippen molar-refractivity contribution in [1.82, 2.24) is 9.97 Å². The van der Waals surface area contributed by atoms with E-state index in [1.807, 2.05) is 6.26 Å². The van der Waals surface area contributed by atoms with E-state index in [1.54, 1.807) is 11.8 Å². The van der Waals surface area contributed by atoms with Crippen molar-refractivity contribution in [3.63, 3.8) is 0 Å². The SMILES string of the molecule is CSc1cc(C2CCCC2)nc(N)n1. The monoisotopic (exact) mass is 209 g/mol. The highest BCUT2D eigenvalue weighted by Gasteiger charge is 2.19. The number of hydrogen-bond acceptors (Lipinski definition) is 4. The molecule has 1 saturated carbocycles. The smallest absolute Gasteiger partial charge is 0.221 e. The molecule has 0 spiro atoms. The standard InChI is InChI=1S/C10H15N3S/c1-14-9-6-8(12-10(11)13-9)7-4-2-3-5-7/h6-7H,2-5H2,1H3,(H2,11,12,13). The van der Waals surface area contributed by atoms with Crippen LogP contribution < -0.4 is 5.73 Å². The van der Waals surface area contributed by atoms with Crippen molar-refractivity contribution in [2.45, 2.75) is 36.6 Å². The van der Waals surface area contributed by atoms with Crippen LogP contribution in [0.1, 0.15) is 37.3 Å². The second-order valence-electron chi connectivity index (χ2n) is 3.67. The fourth-order valence-corrected chi connectivity index (χ4v) is 2.42. The Balaban J connectivity index is 2.27. The molecular formula is C10H15N3S. The van der Waals surface area contributed by atoms with Gasteiger partial charge in [0.15, 0.2) is 0 Å². The fourth-order valence-electron chi connectivity index (χ4n) is 2.00. The topological polar surface area (TPSA) is 51.8 Å². The summed E-state index contributed by atoms with van der Waals surface area (Å²) in [6.45, 7) is 0. The summed E-state index contributed by atoms with van der Waals surface area (Å²) in [5.74, 6) is 1.03. The third-order valence-corrected chi connectivity index (χ3v) is 3.35. The average Bonchev–Trinajstić information content (AvgIpc) is 2.69. The van der Waals surface area contributed by atoms with E-state index >= 15 is 0 Å². The zero-order valence-electron chi connectivity index (χ0n) is 8.36. The number of nitrogens with zero attached hydrogens (tertiary/aromatic N) is 2. The van der Waals surface area contributed by atoms with Gasteiger partial charge in [0.25, 0.3) is 0 Å². The maximum absolute atomic E-state index is 5.67. The van der Waals surface area contributed by atoms with E-state index in [0.717, 1.165) is 10.7 Å². The van der Waals surface area contributed by atoms with Crippen molar-refractivity contribution in [3.05, 3.63) is 11.8 Å². The summed E-state index contributed by atoms with van der Waals surface area (Å²) in [4.78, 5) is 8.47. The van der Waals surface area contributed by atoms with E-state index in [2.05, 4.69) is 16.0 Å². The molecule has 1 aliphatic rings. The normalized spacial score (nSPS) is 17.5. The van der Waals surface area contributed by atoms with Gasteiger partial charge in [0.1, 0.15) is 5.03 Å². The van der Waals surface area contributed by atoms with Crippen LogP contribution in [0.15, 0.2) is 11.1 Å². The largest absolute Gasteiger partial charge is 0.368 e. The van der Waals surface area contributed by atoms with Crippen LogP contribution in [0.25, 0.3) is 0 Å². The number of aromatic nitrogens is 2. The van der Waals surface area contributed by atoms with Crippen molar-refractivity contribution in [1.29, 1.82) is 0 Å². The minimum Gasteiger partial charge on any atom is -0.368 e. The van der Waals surface area contributed by atoms with Gasteiger partial charge in [-0.05, 0) is 25.2 Å². The summed E-state index contributed by atoms with van der Waals surface area (Å²) in [6, 6.07) is 2.08. The molecule has 0 radical (unpaired) electrons. The van der Waals surface area contributed by atoms with Crippen LogP contribution in [0.2, 0.25) is 0 Å². The van der Waals surface area contributed by atoms with Gasteiger partial charge in [-0.2, -0.15) is 0 Å². The third kappa shape index (κ3) is 2.00. The summed E-state index contributed by atoms with van der Waals surface area (Å²) in [6.07, 6.45) is 7.17. The minimum absolute atomic E-state index is 0.416. The predicted molar refractivity (Wildman–Crippen MR) is 59.4 cm³/mol. The molecule has 1 aromatic rings. The summed E-state index contributed by atoms with van der Waals surface area (Å²) in [5.41, 5.74) is 6.81. The lowest BCUT2D eigenvalue weighted by atomic mass is 10.0. The quantitative estimate of drug-likeness (QED) is 0.600. The Morgan fingerprint density at radius 3 is 2.71 bits per heavy atom. The first-order valence-electron chi connectivity index (χ1n) is 4.98. The Labute approximate surface area is 88.5 Å². The Hall–Kier alpha value is -0.770. The van der Waals surface area contributed by atoms with Crippen molar-refractivity contribution < 1.29 is 0 Å². The molecule has 1 heterocycles. The molecule has 0 bridgehead atoms. The van der Waals surface area contributed by atoms with Crippen LogP contribution in [0.3, 0.4) is 0 Å². The average molecular weight is 209 g/mol. The van der Waals surface area contributed by atoms with Gasteiger partial charge in [-0.1, -0.05) is 12.8 Å². The highest BCUT2D eigenvalue weighted by Crippen LogP contribution is 2.34. The second kappa shape index (κ2) is 4.17. The maximum Gasteiger partial charge on any atom is 0.221 e. The van der Waals surface area contributed by atoms with Crippen molar-refractivity contribution in [3.8, 4) is 0 Å². The molecule has 4 heteroatoms. The Morgan fingerprint density at radius 1 is 1.36 bits per heavy atom. The number of nitrogens with two attached hydrogens (primary N) is 1. The van der Waals surface area contributed by atoms with Crippen LogP contribution in [0.5, 0.6) is 0 Å². The lowest BCUT2D eigenvalue weighted by molar-refractivity contribution is 0.690. The zero-order chi connectivity index (χ0) is 9.97. The molecule has 0 aliphatic heterocycles. The van der Waals surface area contributed by atoms with Gasteiger partial charge in [0, 0.05) is 5.92 Å². The van der Waals surface area contributed by atoms with Gasteiger partial charge in [-0.25, -0.2) is 9.97 Å². The van der Waals surface area contributed by atoms with Gasteiger partial charge in [0.05, 0.1) is 5.69 Å². The third-order valence-electron chi connectivity index (χ3n) is 2.72. The van der Waals surface area contributed by atoms with Gasteiger partial charge < -0.3 is 5.73 Å². The van der Waals surface area contributed by atoms with Crippen molar-refractivity contribution >= 4 is 17.7 Å². The summed E-state index contributed by atoms with van der Waals surface area (Å²) < 4.78 is 0. The Kier molecular flexibility index (Phi) is 2.91. The van der Waals surface area contributed by atoms with Crippen LogP contribution >= 0.6 is 11.8 Å². The molecule has 2 N–H and O–H groups in total. The Morgan fingerprint density at radius 2 is 2.07 bits per heavy atom. The predicted octanol–water partition coefficient (Wildman–Crippen LogP) is 2.44. The molecule has 0 unspecified atom stereocenters. The van der Waals surface area contributed by atoms with Gasteiger partial charge in [-0.3, -0.25) is 0 Å². The number of anilines is 1. The molecular weight excluding hydrogens is 194 g/mol. The first-order chi connectivity index (χ1) is 6.79. The summed E-state index contributed by atoms with van der Waals surface area (Å²) >= 11 is 1.62. The lowest BCUT2D eigenvalue weighted by Crippen LogP contribution is -2.03. The fraction of sp³-hybridized carbons (Fsp3) is 0.600. The Bertz CT molecular complexity index is 321. The van der Waals surface area contributed by atoms with Gasteiger partial charge in [-0.15, -0.1) is 11.8 Å². The molecule has 2 rings (SSSR count). The second-order valence-corrected chi connectivity index (χ2v) is 4.50. The highest BCUT2D eigenvalue weighted by atomic mass is 32.2. The highest BCUT2D eigenvalue weighted by molar-refractivity contribution is 7.98. The molecule has 0 saturated heterocycles. The zero-order valence-corrected chi connectivity index (χ0v) is 9.18. The molecule has 1 aliphatic carbocycles. The van der Waals surface area contributed by atoms with E-state index in [0.29, 0.717) is 11.9 Å². The number of hydrogen-bond donors (Lipinski definition) is 1. The molecule has 1 aromatic heterocycles. The first-order valence-corrected chi connectivity index (χ1v) is 6.20. The lowest BCUT2D eigenvalue weighted by Gasteiger charge is -2.09. The molecule has 0 aromatic carbocycles. The molecule has 3 nitrogen and oxygen atoms in total. The molecule has 0 amide bonds. The summed E-state index contributed by atoms with van der Waals surface area (Å²) in [5, 5.41) is 0.986. The first kappa shape index (κ1) is 9.77. The molecule has 1 fully saturated rings. The van der Waals surface area contributed by atoms with Gasteiger partial charge in [0.2, 0.25) is 5.95 Å². The van der Waals surface area contributed by atoms with E-state index in [4.69, 9.17) is 5.73 Å². The van der Waals surface area contributed by atoms with E-state index in [9.17, 15) is 0 Å². The van der Waals surface area contributed by atoms with Gasteiger partial charge >= 0.3 is 0 Å². The van der Waals surface area contributed by atoms with Crippen LogP contribution in [-0.2, 0) is 0 Å². The van der Waals surface area contributed by atoms with E-state index < -0.39 is 0 Å². The maximum atomic E-state index is 5.67. The van der Waals surface area contributed by atoms with Crippen molar-refractivity contribution in [2.75, 3.05) is 12.0 Å². The number of nitrogen functional groups attached to an aromatic ring is 1. The van der Waals surface area contributed by atoms with E-state index in [-0.39, 0.29) is 0 Å². The van der Waals surface area contributed by atoms with Crippen LogP contribution in [0.4, 0.5) is 5.95 Å². The van der Waals surface area contributed by atoms with Crippen LogP contribution in [0, 0.1) is 0 Å². The molecule has 76 valence electrons.